The summed E-state index contributed by atoms with van der Waals surface area (Å²) in [6, 6.07) is 0.660. The molecular formula is C25H34N8O4. The number of cyclic esters (lactones) is 1. The second-order valence-electron chi connectivity index (χ2n) is 10.2. The van der Waals surface area contributed by atoms with Crippen LogP contribution in [0, 0.1) is 5.41 Å². The second kappa shape index (κ2) is 10.3. The SMILES string of the molecule is CCC1(CC2CCC(C)N2CCc2cnc(-n3cnnn3)cn2)C(=O)N(C2=C(C)C(=O)OC2)CC1OC. The highest BCUT2D eigenvalue weighted by molar-refractivity contribution is 5.94. The topological polar surface area (TPSA) is 128 Å². The number of ether oxygens (including phenoxy) is 2. The minimum absolute atomic E-state index is 0.0399. The first kappa shape index (κ1) is 25.4. The molecule has 2 fully saturated rings. The van der Waals surface area contributed by atoms with Crippen molar-refractivity contribution in [2.75, 3.05) is 26.8 Å². The van der Waals surface area contributed by atoms with Crippen molar-refractivity contribution in [1.82, 2.24) is 40.0 Å². The number of rotatable bonds is 9. The van der Waals surface area contributed by atoms with E-state index in [1.54, 1.807) is 31.3 Å². The summed E-state index contributed by atoms with van der Waals surface area (Å²) in [4.78, 5) is 39.2. The highest BCUT2D eigenvalue weighted by Gasteiger charge is 2.56. The molecule has 0 aliphatic carbocycles. The third kappa shape index (κ3) is 4.52. The minimum atomic E-state index is -0.645. The number of tetrazole rings is 1. The van der Waals surface area contributed by atoms with Crippen molar-refractivity contribution in [2.45, 2.75) is 71.1 Å². The van der Waals surface area contributed by atoms with Crippen molar-refractivity contribution >= 4 is 11.9 Å². The van der Waals surface area contributed by atoms with Gasteiger partial charge in [0.1, 0.15) is 12.9 Å². The molecule has 2 aromatic heterocycles. The summed E-state index contributed by atoms with van der Waals surface area (Å²) in [7, 11) is 1.68. The van der Waals surface area contributed by atoms with Gasteiger partial charge in [-0.05, 0) is 50.0 Å². The standard InChI is InChI=1S/C25H34N8O4/c1-5-25(21(36-4)13-32(24(25)35)20-14-37-23(34)17(20)3)10-19-7-6-16(2)31(19)9-8-18-11-27-22(12-26-18)33-15-28-29-30-33/h11-12,15-16,19,21H,5-10,13-14H2,1-4H3. The van der Waals surface area contributed by atoms with Gasteiger partial charge in [-0.3, -0.25) is 14.7 Å². The smallest absolute Gasteiger partial charge is 0.336 e. The largest absolute Gasteiger partial charge is 0.456 e. The Balaban J connectivity index is 1.30. The molecule has 2 saturated heterocycles. The predicted molar refractivity (Wildman–Crippen MR) is 131 cm³/mol. The summed E-state index contributed by atoms with van der Waals surface area (Å²) in [5.74, 6) is 0.259. The van der Waals surface area contributed by atoms with Gasteiger partial charge >= 0.3 is 5.97 Å². The normalized spacial score (nSPS) is 28.5. The van der Waals surface area contributed by atoms with Crippen LogP contribution in [0.5, 0.6) is 0 Å². The Morgan fingerprint density at radius 3 is 2.68 bits per heavy atom. The fourth-order valence-corrected chi connectivity index (χ4v) is 6.13. The zero-order chi connectivity index (χ0) is 26.2. The van der Waals surface area contributed by atoms with Crippen LogP contribution in [0.1, 0.15) is 52.1 Å². The second-order valence-corrected chi connectivity index (χ2v) is 10.2. The van der Waals surface area contributed by atoms with Gasteiger partial charge in [0.2, 0.25) is 5.91 Å². The van der Waals surface area contributed by atoms with Crippen molar-refractivity contribution in [2.24, 2.45) is 5.41 Å². The summed E-state index contributed by atoms with van der Waals surface area (Å²) >= 11 is 0. The number of carbonyl (C=O) groups is 2. The van der Waals surface area contributed by atoms with Gasteiger partial charge in [-0.15, -0.1) is 5.10 Å². The number of hydrogen-bond donors (Lipinski definition) is 0. The van der Waals surface area contributed by atoms with Crippen molar-refractivity contribution in [3.05, 3.63) is 35.7 Å². The third-order valence-corrected chi connectivity index (χ3v) is 8.41. The van der Waals surface area contributed by atoms with Crippen molar-refractivity contribution in [3.8, 4) is 5.82 Å². The fraction of sp³-hybridized carbons (Fsp3) is 0.640. The lowest BCUT2D eigenvalue weighted by molar-refractivity contribution is -0.140. The number of aromatic nitrogens is 6. The molecule has 4 unspecified atom stereocenters. The van der Waals surface area contributed by atoms with E-state index >= 15 is 0 Å². The molecule has 1 amide bonds. The van der Waals surface area contributed by atoms with Crippen LogP contribution in [0.2, 0.25) is 0 Å². The lowest BCUT2D eigenvalue weighted by atomic mass is 9.75. The van der Waals surface area contributed by atoms with E-state index in [1.807, 2.05) is 0 Å². The molecule has 5 rings (SSSR count). The summed E-state index contributed by atoms with van der Waals surface area (Å²) in [5, 5.41) is 11.1. The van der Waals surface area contributed by atoms with E-state index in [1.165, 1.54) is 11.0 Å². The molecule has 5 heterocycles. The molecular weight excluding hydrogens is 476 g/mol. The zero-order valence-corrected chi connectivity index (χ0v) is 21.8. The Labute approximate surface area is 216 Å². The number of hydrogen-bond acceptors (Lipinski definition) is 10. The van der Waals surface area contributed by atoms with Gasteiger partial charge in [0.15, 0.2) is 5.82 Å². The third-order valence-electron chi connectivity index (χ3n) is 8.41. The maximum atomic E-state index is 13.9. The molecule has 0 radical (unpaired) electrons. The van der Waals surface area contributed by atoms with Crippen LogP contribution in [-0.4, -0.2) is 96.8 Å². The first-order valence-corrected chi connectivity index (χ1v) is 12.9. The Morgan fingerprint density at radius 2 is 2.05 bits per heavy atom. The molecule has 4 atom stereocenters. The van der Waals surface area contributed by atoms with E-state index in [0.717, 1.165) is 31.5 Å². The average Bonchev–Trinajstić information content (AvgIpc) is 3.69. The minimum Gasteiger partial charge on any atom is -0.456 e. The van der Waals surface area contributed by atoms with Gasteiger partial charge in [0, 0.05) is 32.2 Å². The average molecular weight is 511 g/mol. The summed E-state index contributed by atoms with van der Waals surface area (Å²) in [6.45, 7) is 7.45. The number of amides is 1. The molecule has 37 heavy (non-hydrogen) atoms. The van der Waals surface area contributed by atoms with Crippen LogP contribution in [0.15, 0.2) is 30.0 Å². The molecule has 0 saturated carbocycles. The Bertz CT molecular complexity index is 1170. The number of methoxy groups -OCH3 is 1. The van der Waals surface area contributed by atoms with Crippen molar-refractivity contribution in [1.29, 1.82) is 0 Å². The van der Waals surface area contributed by atoms with E-state index in [9.17, 15) is 9.59 Å². The Morgan fingerprint density at radius 1 is 1.22 bits per heavy atom. The van der Waals surface area contributed by atoms with Gasteiger partial charge < -0.3 is 14.4 Å². The molecule has 198 valence electrons. The van der Waals surface area contributed by atoms with Crippen molar-refractivity contribution in [3.63, 3.8) is 0 Å². The highest BCUT2D eigenvalue weighted by atomic mass is 16.5. The number of carbonyl (C=O) groups excluding carboxylic acids is 2. The van der Waals surface area contributed by atoms with Crippen LogP contribution in [0.4, 0.5) is 0 Å². The van der Waals surface area contributed by atoms with E-state index in [4.69, 9.17) is 9.47 Å². The van der Waals surface area contributed by atoms with E-state index < -0.39 is 5.41 Å². The highest BCUT2D eigenvalue weighted by Crippen LogP contribution is 2.46. The summed E-state index contributed by atoms with van der Waals surface area (Å²) in [5.41, 5.74) is 1.44. The number of nitrogens with zero attached hydrogens (tertiary/aromatic N) is 8. The van der Waals surface area contributed by atoms with Gasteiger partial charge in [-0.25, -0.2) is 9.78 Å². The molecule has 3 aliphatic rings. The first-order chi connectivity index (χ1) is 17.9. The van der Waals surface area contributed by atoms with Gasteiger partial charge in [-0.2, -0.15) is 4.68 Å². The summed E-state index contributed by atoms with van der Waals surface area (Å²) < 4.78 is 12.6. The van der Waals surface area contributed by atoms with Crippen LogP contribution in [0.3, 0.4) is 0 Å². The fourth-order valence-electron chi connectivity index (χ4n) is 6.13. The monoisotopic (exact) mass is 510 g/mol. The maximum Gasteiger partial charge on any atom is 0.336 e. The molecule has 0 bridgehead atoms. The molecule has 2 aromatic rings. The number of esters is 1. The van der Waals surface area contributed by atoms with E-state index in [2.05, 4.69) is 44.2 Å². The molecule has 12 heteroatoms. The Hall–Kier alpha value is -3.25. The summed E-state index contributed by atoms with van der Waals surface area (Å²) in [6.07, 6.45) is 8.92. The van der Waals surface area contributed by atoms with E-state index in [0.29, 0.717) is 42.5 Å². The molecule has 12 nitrogen and oxygen atoms in total. The van der Waals surface area contributed by atoms with Gasteiger partial charge in [-0.1, -0.05) is 6.92 Å². The molecule has 3 aliphatic heterocycles. The molecule has 0 N–H and O–H groups in total. The predicted octanol–water partition coefficient (Wildman–Crippen LogP) is 1.32. The maximum absolute atomic E-state index is 13.9. The molecule has 0 spiro atoms. The van der Waals surface area contributed by atoms with Crippen molar-refractivity contribution < 1.29 is 19.1 Å². The lowest BCUT2D eigenvalue weighted by Gasteiger charge is -2.37. The molecule has 0 aromatic carbocycles. The first-order valence-electron chi connectivity index (χ1n) is 12.9. The zero-order valence-electron chi connectivity index (χ0n) is 21.8. The quantitative estimate of drug-likeness (QED) is 0.456. The van der Waals surface area contributed by atoms with Crippen LogP contribution in [-0.2, 0) is 25.5 Å². The Kier molecular flexibility index (Phi) is 7.04. The number of likely N-dealkylation sites (tertiary alicyclic amines) is 2. The van der Waals surface area contributed by atoms with Crippen LogP contribution in [0.25, 0.3) is 5.82 Å². The van der Waals surface area contributed by atoms with Gasteiger partial charge in [0.05, 0.1) is 47.4 Å². The lowest BCUT2D eigenvalue weighted by Crippen LogP contribution is -2.46. The van der Waals surface area contributed by atoms with Crippen LogP contribution < -0.4 is 0 Å². The van der Waals surface area contributed by atoms with E-state index in [-0.39, 0.29) is 30.6 Å². The van der Waals surface area contributed by atoms with Gasteiger partial charge in [0.25, 0.3) is 0 Å². The van der Waals surface area contributed by atoms with Crippen LogP contribution >= 0.6 is 0 Å².